The van der Waals surface area contributed by atoms with Gasteiger partial charge in [-0.25, -0.2) is 9.78 Å². The molecule has 1 aliphatic rings. The van der Waals surface area contributed by atoms with Crippen molar-refractivity contribution < 1.29 is 14.7 Å². The number of urea groups is 1. The third-order valence-corrected chi connectivity index (χ3v) is 6.70. The van der Waals surface area contributed by atoms with Gasteiger partial charge in [0.15, 0.2) is 5.65 Å². The number of primary amides is 1. The minimum Gasteiger partial charge on any atom is -0.507 e. The molecule has 5 N–H and O–H groups in total. The van der Waals surface area contributed by atoms with Crippen LogP contribution in [0.2, 0.25) is 0 Å². The molecule has 1 fully saturated rings. The number of carbonyl (C=O) groups is 2. The molecule has 1 saturated heterocycles. The van der Waals surface area contributed by atoms with Crippen LogP contribution in [0.4, 0.5) is 16.3 Å². The lowest BCUT2D eigenvalue weighted by Gasteiger charge is -2.33. The van der Waals surface area contributed by atoms with Crippen LogP contribution in [0, 0.1) is 0 Å². The molecular weight excluding hydrogens is 526 g/mol. The van der Waals surface area contributed by atoms with Crippen molar-refractivity contribution in [2.45, 2.75) is 18.9 Å². The number of piperidine rings is 1. The molecule has 5 rings (SSSR count). The second-order valence-electron chi connectivity index (χ2n) is 8.55. The van der Waals surface area contributed by atoms with Crippen molar-refractivity contribution in [2.24, 2.45) is 5.73 Å². The number of fused-ring (bicyclic) bond motifs is 1. The number of nitrogens with zero attached hydrogens (tertiary/aromatic N) is 4. The number of aromatic hydroxyl groups is 1. The average Bonchev–Trinajstić information content (AvgIpc) is 3.25. The van der Waals surface area contributed by atoms with E-state index in [1.165, 1.54) is 0 Å². The van der Waals surface area contributed by atoms with Gasteiger partial charge in [0.25, 0.3) is 5.91 Å². The summed E-state index contributed by atoms with van der Waals surface area (Å²) in [6.45, 7) is 1.20. The molecule has 0 radical (unpaired) electrons. The number of hydrogen-bond donors (Lipinski definition) is 4. The molecule has 0 aliphatic carbocycles. The van der Waals surface area contributed by atoms with Gasteiger partial charge in [0.2, 0.25) is 0 Å². The summed E-state index contributed by atoms with van der Waals surface area (Å²) in [4.78, 5) is 30.4. The van der Waals surface area contributed by atoms with Crippen molar-refractivity contribution in [3.63, 3.8) is 0 Å². The van der Waals surface area contributed by atoms with Crippen molar-refractivity contribution in [3.05, 3.63) is 70.8 Å². The van der Waals surface area contributed by atoms with Crippen molar-refractivity contribution >= 4 is 45.0 Å². The number of likely N-dealkylation sites (tertiary alicyclic amines) is 1. The van der Waals surface area contributed by atoms with Crippen LogP contribution in [0.15, 0.2) is 65.3 Å². The predicted molar refractivity (Wildman–Crippen MR) is 140 cm³/mol. The number of anilines is 2. The number of rotatable bonds is 5. The first-order valence-corrected chi connectivity index (χ1v) is 12.2. The van der Waals surface area contributed by atoms with Gasteiger partial charge in [-0.3, -0.25) is 4.79 Å². The molecule has 184 valence electrons. The smallest absolute Gasteiger partial charge is 0.316 e. The third kappa shape index (κ3) is 4.82. The van der Waals surface area contributed by atoms with Gasteiger partial charge in [0, 0.05) is 42.0 Å². The van der Waals surface area contributed by atoms with Gasteiger partial charge in [-0.15, -0.1) is 0 Å². The highest BCUT2D eigenvalue weighted by Crippen LogP contribution is 2.31. The molecule has 3 heterocycles. The van der Waals surface area contributed by atoms with Crippen molar-refractivity contribution in [1.82, 2.24) is 19.5 Å². The normalized spacial score (nSPS) is 14.1. The standard InChI is InChI=1S/C25H24BrN7O3/c26-19-14-28-33-22(13-20(31-23(19)33)18-3-1-2-4-21(18)34)29-17-9-11-32(12-10-17)24(35)15-5-7-16(8-6-15)30-25(27)36/h1-8,13-14,17,29,34H,9-12H2,(H3,27,30,36). The maximum absolute atomic E-state index is 13.0. The number of aromatic nitrogens is 3. The number of phenols is 1. The van der Waals surface area contributed by atoms with Gasteiger partial charge in [-0.05, 0) is 65.2 Å². The Labute approximate surface area is 215 Å². The summed E-state index contributed by atoms with van der Waals surface area (Å²) in [7, 11) is 0. The zero-order valence-electron chi connectivity index (χ0n) is 19.2. The SMILES string of the molecule is NC(=O)Nc1ccc(C(=O)N2CCC(Nc3cc(-c4ccccc4O)nc4c(Br)cnn34)CC2)cc1. The largest absolute Gasteiger partial charge is 0.507 e. The number of para-hydroxylation sites is 1. The molecule has 0 unspecified atom stereocenters. The molecule has 0 bridgehead atoms. The fourth-order valence-electron chi connectivity index (χ4n) is 4.32. The Bertz CT molecular complexity index is 1430. The van der Waals surface area contributed by atoms with Crippen molar-refractivity contribution in [1.29, 1.82) is 0 Å². The van der Waals surface area contributed by atoms with Gasteiger partial charge >= 0.3 is 6.03 Å². The van der Waals surface area contributed by atoms with Gasteiger partial charge in [-0.1, -0.05) is 12.1 Å². The molecule has 0 spiro atoms. The Kier molecular flexibility index (Phi) is 6.47. The summed E-state index contributed by atoms with van der Waals surface area (Å²) in [5.74, 6) is 0.857. The molecule has 4 aromatic rings. The van der Waals surface area contributed by atoms with E-state index in [4.69, 9.17) is 5.73 Å². The molecule has 0 atom stereocenters. The molecule has 36 heavy (non-hydrogen) atoms. The topological polar surface area (TPSA) is 138 Å². The monoisotopic (exact) mass is 549 g/mol. The lowest BCUT2D eigenvalue weighted by Crippen LogP contribution is -2.42. The Balaban J connectivity index is 1.29. The van der Waals surface area contributed by atoms with E-state index in [9.17, 15) is 14.7 Å². The minimum absolute atomic E-state index is 0.0526. The van der Waals surface area contributed by atoms with Crippen LogP contribution in [0.1, 0.15) is 23.2 Å². The van der Waals surface area contributed by atoms with E-state index in [1.807, 2.05) is 23.1 Å². The molecule has 3 amide bonds. The highest BCUT2D eigenvalue weighted by Gasteiger charge is 2.25. The quantitative estimate of drug-likeness (QED) is 0.296. The number of nitrogens with two attached hydrogens (primary N) is 1. The Morgan fingerprint density at radius 2 is 1.81 bits per heavy atom. The van der Waals surface area contributed by atoms with E-state index < -0.39 is 6.03 Å². The van der Waals surface area contributed by atoms with Crippen LogP contribution >= 0.6 is 15.9 Å². The summed E-state index contributed by atoms with van der Waals surface area (Å²) < 4.78 is 2.48. The molecule has 2 aromatic carbocycles. The number of halogens is 1. The average molecular weight is 550 g/mol. The van der Waals surface area contributed by atoms with E-state index in [0.29, 0.717) is 41.2 Å². The number of carbonyl (C=O) groups excluding carboxylic acids is 2. The second kappa shape index (κ2) is 9.86. The van der Waals surface area contributed by atoms with E-state index in [0.717, 1.165) is 23.1 Å². The van der Waals surface area contributed by atoms with Crippen LogP contribution in [0.3, 0.4) is 0 Å². The Morgan fingerprint density at radius 3 is 2.50 bits per heavy atom. The fourth-order valence-corrected chi connectivity index (χ4v) is 4.67. The van der Waals surface area contributed by atoms with E-state index in [1.54, 1.807) is 47.1 Å². The first kappa shape index (κ1) is 23.6. The van der Waals surface area contributed by atoms with Crippen LogP contribution in [-0.4, -0.2) is 55.7 Å². The summed E-state index contributed by atoms with van der Waals surface area (Å²) in [6, 6.07) is 15.1. The molecular formula is C25H24BrN7O3. The summed E-state index contributed by atoms with van der Waals surface area (Å²) in [5.41, 5.74) is 8.13. The van der Waals surface area contributed by atoms with Crippen LogP contribution < -0.4 is 16.4 Å². The highest BCUT2D eigenvalue weighted by molar-refractivity contribution is 9.10. The summed E-state index contributed by atoms with van der Waals surface area (Å²) in [6.07, 6.45) is 3.20. The van der Waals surface area contributed by atoms with Crippen LogP contribution in [0.5, 0.6) is 5.75 Å². The van der Waals surface area contributed by atoms with Gasteiger partial charge < -0.3 is 26.4 Å². The van der Waals surface area contributed by atoms with Crippen LogP contribution in [-0.2, 0) is 0 Å². The van der Waals surface area contributed by atoms with Gasteiger partial charge in [0.1, 0.15) is 11.6 Å². The molecule has 1 aliphatic heterocycles. The summed E-state index contributed by atoms with van der Waals surface area (Å²) >= 11 is 3.51. The van der Waals surface area contributed by atoms with E-state index in [-0.39, 0.29) is 17.7 Å². The number of hydrogen-bond acceptors (Lipinski definition) is 6. The number of amides is 3. The molecule has 10 nitrogen and oxygen atoms in total. The maximum Gasteiger partial charge on any atom is 0.316 e. The lowest BCUT2D eigenvalue weighted by molar-refractivity contribution is 0.0718. The first-order valence-electron chi connectivity index (χ1n) is 11.4. The maximum atomic E-state index is 13.0. The Hall–Kier alpha value is -4.12. The summed E-state index contributed by atoms with van der Waals surface area (Å²) in [5, 5.41) is 20.8. The third-order valence-electron chi connectivity index (χ3n) is 6.14. The zero-order valence-corrected chi connectivity index (χ0v) is 20.8. The number of benzene rings is 2. The number of nitrogens with one attached hydrogen (secondary N) is 2. The van der Waals surface area contributed by atoms with E-state index >= 15 is 0 Å². The lowest BCUT2D eigenvalue weighted by atomic mass is 10.0. The fraction of sp³-hybridized carbons (Fsp3) is 0.200. The Morgan fingerprint density at radius 1 is 1.08 bits per heavy atom. The minimum atomic E-state index is -0.648. The predicted octanol–water partition coefficient (Wildman–Crippen LogP) is 4.07. The van der Waals surface area contributed by atoms with Crippen LogP contribution in [0.25, 0.3) is 16.9 Å². The second-order valence-corrected chi connectivity index (χ2v) is 9.40. The highest BCUT2D eigenvalue weighted by atomic mass is 79.9. The number of phenolic OH excluding ortho intramolecular Hbond substituents is 1. The van der Waals surface area contributed by atoms with Gasteiger partial charge in [-0.2, -0.15) is 9.61 Å². The van der Waals surface area contributed by atoms with Gasteiger partial charge in [0.05, 0.1) is 16.4 Å². The van der Waals surface area contributed by atoms with Crippen molar-refractivity contribution in [2.75, 3.05) is 23.7 Å². The van der Waals surface area contributed by atoms with Crippen molar-refractivity contribution in [3.8, 4) is 17.0 Å². The van der Waals surface area contributed by atoms with E-state index in [2.05, 4.69) is 36.6 Å². The first-order chi connectivity index (χ1) is 17.4. The molecule has 2 aromatic heterocycles. The zero-order chi connectivity index (χ0) is 25.2. The molecule has 0 saturated carbocycles. The molecule has 11 heteroatoms.